The van der Waals surface area contributed by atoms with Gasteiger partial charge in [-0.3, -0.25) is 9.48 Å². The molecule has 5 nitrogen and oxygen atoms in total. The molecule has 0 spiro atoms. The molecule has 0 saturated carbocycles. The summed E-state index contributed by atoms with van der Waals surface area (Å²) >= 11 is 0. The monoisotopic (exact) mass is 340 g/mol. The Morgan fingerprint density at radius 3 is 2.72 bits per heavy atom. The smallest absolute Gasteiger partial charge is 0.253 e. The van der Waals surface area contributed by atoms with Crippen LogP contribution in [0.15, 0.2) is 42.7 Å². The summed E-state index contributed by atoms with van der Waals surface area (Å²) in [4.78, 5) is 14.6. The largest absolute Gasteiger partial charge is 0.339 e. The molecule has 1 aromatic carbocycles. The summed E-state index contributed by atoms with van der Waals surface area (Å²) in [6, 6.07) is 10.5. The van der Waals surface area contributed by atoms with Crippen molar-refractivity contribution in [1.29, 1.82) is 0 Å². The van der Waals surface area contributed by atoms with Gasteiger partial charge in [-0.1, -0.05) is 12.1 Å². The molecule has 1 N–H and O–H groups in total. The fraction of sp³-hybridized carbons (Fsp3) is 0.500. The molecule has 1 aliphatic heterocycles. The Bertz CT molecular complexity index is 677. The molecule has 1 aliphatic rings. The van der Waals surface area contributed by atoms with Gasteiger partial charge in [0.2, 0.25) is 0 Å². The average molecular weight is 340 g/mol. The number of nitrogens with one attached hydrogen (secondary N) is 1. The minimum absolute atomic E-state index is 0.166. The molecule has 2 atom stereocenters. The van der Waals surface area contributed by atoms with Crippen LogP contribution in [0.3, 0.4) is 0 Å². The second-order valence-electron chi connectivity index (χ2n) is 6.95. The summed E-state index contributed by atoms with van der Waals surface area (Å²) < 4.78 is 1.97. The first kappa shape index (κ1) is 17.7. The van der Waals surface area contributed by atoms with E-state index in [-0.39, 0.29) is 18.0 Å². The van der Waals surface area contributed by atoms with E-state index in [0.29, 0.717) is 0 Å². The summed E-state index contributed by atoms with van der Waals surface area (Å²) in [6.07, 6.45) is 7.27. The van der Waals surface area contributed by atoms with Crippen molar-refractivity contribution in [2.75, 3.05) is 13.1 Å². The maximum atomic E-state index is 12.6. The Hall–Kier alpha value is -2.14. The highest BCUT2D eigenvalue weighted by atomic mass is 16.2. The lowest BCUT2D eigenvalue weighted by molar-refractivity contribution is 0.0724. The molecule has 134 valence electrons. The van der Waals surface area contributed by atoms with Crippen LogP contribution in [-0.4, -0.2) is 39.7 Å². The van der Waals surface area contributed by atoms with E-state index in [1.807, 2.05) is 40.0 Å². The van der Waals surface area contributed by atoms with E-state index in [1.54, 1.807) is 6.20 Å². The second kappa shape index (κ2) is 8.30. The molecule has 1 amide bonds. The van der Waals surface area contributed by atoms with Crippen molar-refractivity contribution in [2.45, 2.75) is 51.7 Å². The maximum Gasteiger partial charge on any atom is 0.253 e. The van der Waals surface area contributed by atoms with Gasteiger partial charge >= 0.3 is 0 Å². The van der Waals surface area contributed by atoms with E-state index >= 15 is 0 Å². The summed E-state index contributed by atoms with van der Waals surface area (Å²) in [7, 11) is 0. The van der Waals surface area contributed by atoms with Crippen LogP contribution < -0.4 is 5.32 Å². The Labute approximate surface area is 150 Å². The van der Waals surface area contributed by atoms with Crippen LogP contribution in [-0.2, 0) is 6.54 Å². The lowest BCUT2D eigenvalue weighted by atomic mass is 10.1. The fourth-order valence-electron chi connectivity index (χ4n) is 3.29. The number of carbonyl (C=O) groups excluding carboxylic acids is 1. The molecule has 3 rings (SSSR count). The number of carbonyl (C=O) groups is 1. The molecule has 25 heavy (non-hydrogen) atoms. The standard InChI is InChI=1S/C20H28N4O/c1-16(17(2)24-13-7-10-22-24)21-15-18-8-6-9-19(14-18)20(25)23-11-4-3-5-12-23/h6-10,13-14,16-17,21H,3-5,11-12,15H2,1-2H3/t16-,17-/m1/s1. The number of piperidine rings is 1. The molecule has 0 aliphatic carbocycles. The van der Waals surface area contributed by atoms with Crippen LogP contribution in [0.5, 0.6) is 0 Å². The highest BCUT2D eigenvalue weighted by Crippen LogP contribution is 2.15. The fourth-order valence-corrected chi connectivity index (χ4v) is 3.29. The van der Waals surface area contributed by atoms with E-state index in [2.05, 4.69) is 30.3 Å². The molecule has 1 aromatic heterocycles. The first-order valence-electron chi connectivity index (χ1n) is 9.26. The molecule has 0 radical (unpaired) electrons. The Balaban J connectivity index is 1.58. The molecule has 0 unspecified atom stereocenters. The van der Waals surface area contributed by atoms with Crippen LogP contribution in [0, 0.1) is 0 Å². The van der Waals surface area contributed by atoms with Gasteiger partial charge in [0.15, 0.2) is 0 Å². The predicted molar refractivity (Wildman–Crippen MR) is 99.4 cm³/mol. The Kier molecular flexibility index (Phi) is 5.87. The first-order chi connectivity index (χ1) is 12.1. The molecule has 1 saturated heterocycles. The van der Waals surface area contributed by atoms with Crippen molar-refractivity contribution in [1.82, 2.24) is 20.0 Å². The predicted octanol–water partition coefficient (Wildman–Crippen LogP) is 3.25. The van der Waals surface area contributed by atoms with Crippen LogP contribution in [0.25, 0.3) is 0 Å². The summed E-state index contributed by atoms with van der Waals surface area (Å²) in [5, 5.41) is 7.85. The van der Waals surface area contributed by atoms with Gasteiger partial charge in [-0.05, 0) is 56.9 Å². The number of likely N-dealkylation sites (tertiary alicyclic amines) is 1. The quantitative estimate of drug-likeness (QED) is 0.878. The van der Waals surface area contributed by atoms with Crippen molar-refractivity contribution in [2.24, 2.45) is 0 Å². The van der Waals surface area contributed by atoms with Gasteiger partial charge < -0.3 is 10.2 Å². The van der Waals surface area contributed by atoms with Crippen LogP contribution >= 0.6 is 0 Å². The molecule has 5 heteroatoms. The van der Waals surface area contributed by atoms with E-state index in [1.165, 1.54) is 6.42 Å². The van der Waals surface area contributed by atoms with Crippen molar-refractivity contribution in [3.8, 4) is 0 Å². The number of hydrogen-bond donors (Lipinski definition) is 1. The second-order valence-corrected chi connectivity index (χ2v) is 6.95. The molecule has 2 aromatic rings. The zero-order chi connectivity index (χ0) is 17.6. The Morgan fingerprint density at radius 2 is 2.00 bits per heavy atom. The van der Waals surface area contributed by atoms with Gasteiger partial charge in [0.1, 0.15) is 0 Å². The number of rotatable bonds is 6. The zero-order valence-corrected chi connectivity index (χ0v) is 15.2. The van der Waals surface area contributed by atoms with Gasteiger partial charge in [-0.2, -0.15) is 5.10 Å². The molecule has 1 fully saturated rings. The van der Waals surface area contributed by atoms with Gasteiger partial charge in [0.25, 0.3) is 5.91 Å². The van der Waals surface area contributed by atoms with Crippen molar-refractivity contribution >= 4 is 5.91 Å². The van der Waals surface area contributed by atoms with E-state index < -0.39 is 0 Å². The van der Waals surface area contributed by atoms with Crippen molar-refractivity contribution < 1.29 is 4.79 Å². The summed E-state index contributed by atoms with van der Waals surface area (Å²) in [5.74, 6) is 0.166. The summed E-state index contributed by atoms with van der Waals surface area (Å²) in [5.41, 5.74) is 1.94. The van der Waals surface area contributed by atoms with E-state index in [0.717, 1.165) is 43.6 Å². The minimum Gasteiger partial charge on any atom is -0.339 e. The van der Waals surface area contributed by atoms with Crippen molar-refractivity contribution in [3.63, 3.8) is 0 Å². The molecular formula is C20H28N4O. The number of amides is 1. The average Bonchev–Trinajstić information content (AvgIpc) is 3.20. The molecule has 0 bridgehead atoms. The first-order valence-corrected chi connectivity index (χ1v) is 9.26. The third-order valence-corrected chi connectivity index (χ3v) is 5.11. The lowest BCUT2D eigenvalue weighted by Gasteiger charge is -2.27. The zero-order valence-electron chi connectivity index (χ0n) is 15.2. The third-order valence-electron chi connectivity index (χ3n) is 5.11. The molecular weight excluding hydrogens is 312 g/mol. The number of hydrogen-bond acceptors (Lipinski definition) is 3. The van der Waals surface area contributed by atoms with Gasteiger partial charge in [0, 0.05) is 43.6 Å². The Morgan fingerprint density at radius 1 is 1.20 bits per heavy atom. The number of aromatic nitrogens is 2. The topological polar surface area (TPSA) is 50.2 Å². The number of benzene rings is 1. The van der Waals surface area contributed by atoms with Crippen LogP contribution in [0.1, 0.15) is 55.1 Å². The highest BCUT2D eigenvalue weighted by molar-refractivity contribution is 5.94. The van der Waals surface area contributed by atoms with Crippen molar-refractivity contribution in [3.05, 3.63) is 53.9 Å². The van der Waals surface area contributed by atoms with E-state index in [4.69, 9.17) is 0 Å². The van der Waals surface area contributed by atoms with Crippen LogP contribution in [0.2, 0.25) is 0 Å². The van der Waals surface area contributed by atoms with Crippen LogP contribution in [0.4, 0.5) is 0 Å². The van der Waals surface area contributed by atoms with Gasteiger partial charge in [-0.25, -0.2) is 0 Å². The normalized spacial score (nSPS) is 17.3. The molecule has 2 heterocycles. The van der Waals surface area contributed by atoms with E-state index in [9.17, 15) is 4.79 Å². The van der Waals surface area contributed by atoms with Gasteiger partial charge in [0.05, 0.1) is 6.04 Å². The maximum absolute atomic E-state index is 12.6. The van der Waals surface area contributed by atoms with Gasteiger partial charge in [-0.15, -0.1) is 0 Å². The number of nitrogens with zero attached hydrogens (tertiary/aromatic N) is 3. The minimum atomic E-state index is 0.166. The SMILES string of the molecule is C[C@H]([C@@H](C)NCc1cccc(C(=O)N2CCCCC2)c1)n1cccn1. The lowest BCUT2D eigenvalue weighted by Crippen LogP contribution is -2.36. The summed E-state index contributed by atoms with van der Waals surface area (Å²) in [6.45, 7) is 6.84. The third kappa shape index (κ3) is 4.48. The highest BCUT2D eigenvalue weighted by Gasteiger charge is 2.18.